The third kappa shape index (κ3) is 3.63. The molecule has 8 heteroatoms. The number of imidazole rings is 1. The fourth-order valence-corrected chi connectivity index (χ4v) is 2.18. The van der Waals surface area contributed by atoms with Crippen LogP contribution in [0.1, 0.15) is 18.1 Å². The zero-order valence-electron chi connectivity index (χ0n) is 12.9. The molecular formula is C14H20F2N6. The van der Waals surface area contributed by atoms with Gasteiger partial charge in [0.05, 0.1) is 13.1 Å². The molecule has 120 valence electrons. The average Bonchev–Trinajstić information content (AvgIpc) is 3.09. The maximum absolute atomic E-state index is 12.8. The normalized spacial score (nSPS) is 12.0. The van der Waals surface area contributed by atoms with Crippen LogP contribution in [0.15, 0.2) is 35.7 Å². The predicted molar refractivity (Wildman–Crippen MR) is 80.6 cm³/mol. The van der Waals surface area contributed by atoms with Crippen molar-refractivity contribution in [2.75, 3.05) is 14.1 Å². The van der Waals surface area contributed by atoms with E-state index in [-0.39, 0.29) is 12.4 Å². The van der Waals surface area contributed by atoms with Gasteiger partial charge in [-0.05, 0) is 12.1 Å². The number of aryl methyl sites for hydroxylation is 1. The molecule has 1 N–H and O–H groups in total. The summed E-state index contributed by atoms with van der Waals surface area (Å²) < 4.78 is 28.4. The van der Waals surface area contributed by atoms with E-state index in [4.69, 9.17) is 0 Å². The molecule has 6 nitrogen and oxygen atoms in total. The summed E-state index contributed by atoms with van der Waals surface area (Å²) in [5, 5.41) is 3.05. The summed E-state index contributed by atoms with van der Waals surface area (Å²) >= 11 is 0. The van der Waals surface area contributed by atoms with Crippen LogP contribution in [0.5, 0.6) is 0 Å². The van der Waals surface area contributed by atoms with Crippen LogP contribution in [0.2, 0.25) is 0 Å². The molecule has 0 atom stereocenters. The Labute approximate surface area is 128 Å². The fourth-order valence-electron chi connectivity index (χ4n) is 2.18. The zero-order chi connectivity index (χ0) is 16.1. The van der Waals surface area contributed by atoms with Gasteiger partial charge in [-0.2, -0.15) is 8.78 Å². The Kier molecular flexibility index (Phi) is 5.13. The predicted octanol–water partition coefficient (Wildman–Crippen LogP) is 1.82. The first-order valence-corrected chi connectivity index (χ1v) is 6.84. The van der Waals surface area contributed by atoms with E-state index < -0.39 is 6.55 Å². The first kappa shape index (κ1) is 16.0. The fraction of sp³-hybridized carbons (Fsp3) is 0.429. The van der Waals surface area contributed by atoms with Gasteiger partial charge in [0.1, 0.15) is 5.82 Å². The molecule has 0 fully saturated rings. The van der Waals surface area contributed by atoms with Crippen LogP contribution in [-0.4, -0.2) is 39.1 Å². The van der Waals surface area contributed by atoms with Crippen LogP contribution >= 0.6 is 0 Å². The van der Waals surface area contributed by atoms with Gasteiger partial charge in [0.25, 0.3) is 0 Å². The van der Waals surface area contributed by atoms with Gasteiger partial charge in [-0.3, -0.25) is 9.56 Å². The third-order valence-corrected chi connectivity index (χ3v) is 3.39. The molecule has 0 bridgehead atoms. The van der Waals surface area contributed by atoms with Crippen LogP contribution < -0.4 is 5.32 Å². The number of halogens is 2. The summed E-state index contributed by atoms with van der Waals surface area (Å²) in [5.74, 6) is 0.883. The second-order valence-electron chi connectivity index (χ2n) is 4.90. The maximum atomic E-state index is 12.8. The number of aliphatic imine (C=N–C) groups is 1. The third-order valence-electron chi connectivity index (χ3n) is 3.39. The molecule has 2 aromatic heterocycles. The van der Waals surface area contributed by atoms with Crippen LogP contribution in [0.4, 0.5) is 8.78 Å². The summed E-state index contributed by atoms with van der Waals surface area (Å²) in [6, 6.07) is 3.99. The van der Waals surface area contributed by atoms with Gasteiger partial charge in [0.15, 0.2) is 5.96 Å². The molecule has 0 aliphatic carbocycles. The van der Waals surface area contributed by atoms with E-state index in [0.717, 1.165) is 10.3 Å². The number of rotatable bonds is 5. The first-order valence-electron chi connectivity index (χ1n) is 6.84. The Morgan fingerprint density at radius 1 is 1.45 bits per heavy atom. The number of guanidine groups is 1. The molecule has 0 amide bonds. The molecule has 2 rings (SSSR count). The van der Waals surface area contributed by atoms with Crippen molar-refractivity contribution in [2.24, 2.45) is 12.0 Å². The lowest BCUT2D eigenvalue weighted by atomic mass is 10.4. The van der Waals surface area contributed by atoms with Crippen molar-refractivity contribution in [3.05, 3.63) is 42.2 Å². The number of alkyl halides is 2. The van der Waals surface area contributed by atoms with Crippen molar-refractivity contribution < 1.29 is 8.78 Å². The minimum Gasteiger partial charge on any atom is -0.353 e. The summed E-state index contributed by atoms with van der Waals surface area (Å²) in [6.45, 7) is -1.75. The second-order valence-corrected chi connectivity index (χ2v) is 4.90. The molecule has 0 unspecified atom stereocenters. The second kappa shape index (κ2) is 7.06. The van der Waals surface area contributed by atoms with Crippen molar-refractivity contribution in [2.45, 2.75) is 19.6 Å². The highest BCUT2D eigenvalue weighted by Gasteiger charge is 2.13. The molecular weight excluding hydrogens is 290 g/mol. The van der Waals surface area contributed by atoms with E-state index in [1.54, 1.807) is 7.05 Å². The lowest BCUT2D eigenvalue weighted by Gasteiger charge is -2.22. The number of nitrogens with zero attached hydrogens (tertiary/aromatic N) is 5. The smallest absolute Gasteiger partial charge is 0.319 e. The van der Waals surface area contributed by atoms with Gasteiger partial charge in [-0.25, -0.2) is 4.98 Å². The summed E-state index contributed by atoms with van der Waals surface area (Å²) in [6.07, 6.45) is 4.59. The van der Waals surface area contributed by atoms with E-state index in [9.17, 15) is 8.78 Å². The summed E-state index contributed by atoms with van der Waals surface area (Å²) in [7, 11) is 5.52. The van der Waals surface area contributed by atoms with Crippen LogP contribution in [-0.2, 0) is 20.1 Å². The van der Waals surface area contributed by atoms with Crippen molar-refractivity contribution in [1.29, 1.82) is 0 Å². The molecule has 0 aliphatic rings. The van der Waals surface area contributed by atoms with Gasteiger partial charge in [-0.15, -0.1) is 0 Å². The van der Waals surface area contributed by atoms with Gasteiger partial charge >= 0.3 is 6.55 Å². The highest BCUT2D eigenvalue weighted by Crippen LogP contribution is 2.12. The highest BCUT2D eigenvalue weighted by atomic mass is 19.3. The van der Waals surface area contributed by atoms with Crippen LogP contribution in [0, 0.1) is 0 Å². The van der Waals surface area contributed by atoms with Gasteiger partial charge < -0.3 is 14.8 Å². The van der Waals surface area contributed by atoms with Crippen molar-refractivity contribution in [3.63, 3.8) is 0 Å². The minimum absolute atomic E-state index is 0.182. The SMILES string of the molecule is CN=C(NCc1nccn1C(F)F)N(C)Cc1cccn1C. The van der Waals surface area contributed by atoms with Gasteiger partial charge in [0, 0.05) is 45.4 Å². The monoisotopic (exact) mass is 310 g/mol. The number of hydrogen-bond acceptors (Lipinski definition) is 2. The largest absolute Gasteiger partial charge is 0.353 e. The maximum Gasteiger partial charge on any atom is 0.319 e. The summed E-state index contributed by atoms with van der Waals surface area (Å²) in [5.41, 5.74) is 1.12. The first-order chi connectivity index (χ1) is 10.5. The highest BCUT2D eigenvalue weighted by molar-refractivity contribution is 5.79. The quantitative estimate of drug-likeness (QED) is 0.677. The Balaban J connectivity index is 1.97. The molecule has 0 aliphatic heterocycles. The Morgan fingerprint density at radius 2 is 2.23 bits per heavy atom. The molecule has 2 aromatic rings. The van der Waals surface area contributed by atoms with Crippen molar-refractivity contribution in [3.8, 4) is 0 Å². The standard InChI is InChI=1S/C14H20F2N6/c1-17-14(21(3)10-11-5-4-7-20(11)2)19-9-12-18-6-8-22(12)13(15)16/h4-8,13H,9-10H2,1-3H3,(H,17,19). The van der Waals surface area contributed by atoms with Crippen LogP contribution in [0.25, 0.3) is 0 Å². The molecule has 2 heterocycles. The number of hydrogen-bond donors (Lipinski definition) is 1. The topological polar surface area (TPSA) is 50.4 Å². The number of nitrogens with one attached hydrogen (secondary N) is 1. The minimum atomic E-state index is -2.59. The molecule has 0 aromatic carbocycles. The van der Waals surface area contributed by atoms with E-state index in [0.29, 0.717) is 12.5 Å². The van der Waals surface area contributed by atoms with Crippen LogP contribution in [0.3, 0.4) is 0 Å². The van der Waals surface area contributed by atoms with Gasteiger partial charge in [0.2, 0.25) is 0 Å². The van der Waals surface area contributed by atoms with E-state index in [1.165, 1.54) is 12.4 Å². The molecule has 0 spiro atoms. The Hall–Kier alpha value is -2.38. The molecule has 0 radical (unpaired) electrons. The molecule has 0 saturated carbocycles. The summed E-state index contributed by atoms with van der Waals surface area (Å²) in [4.78, 5) is 10.0. The van der Waals surface area contributed by atoms with Crippen molar-refractivity contribution in [1.82, 2.24) is 24.3 Å². The van der Waals surface area contributed by atoms with Gasteiger partial charge in [-0.1, -0.05) is 0 Å². The lowest BCUT2D eigenvalue weighted by Crippen LogP contribution is -2.38. The van der Waals surface area contributed by atoms with E-state index in [2.05, 4.69) is 15.3 Å². The Bertz CT molecular complexity index is 631. The molecule has 0 saturated heterocycles. The van der Waals surface area contributed by atoms with Crippen molar-refractivity contribution >= 4 is 5.96 Å². The number of aromatic nitrogens is 3. The van der Waals surface area contributed by atoms with E-state index in [1.807, 2.05) is 41.9 Å². The Morgan fingerprint density at radius 3 is 2.82 bits per heavy atom. The zero-order valence-corrected chi connectivity index (χ0v) is 12.9. The lowest BCUT2D eigenvalue weighted by molar-refractivity contribution is 0.0668. The molecule has 22 heavy (non-hydrogen) atoms. The van der Waals surface area contributed by atoms with E-state index >= 15 is 0 Å². The average molecular weight is 310 g/mol.